The molecular weight excluding hydrogens is 270 g/mol. The molecule has 0 radical (unpaired) electrons. The van der Waals surface area contributed by atoms with Gasteiger partial charge in [-0.15, -0.1) is 6.58 Å². The smallest absolute Gasteiger partial charge is 0.129 e. The van der Waals surface area contributed by atoms with Crippen molar-refractivity contribution in [2.45, 2.75) is 52.7 Å². The van der Waals surface area contributed by atoms with Crippen molar-refractivity contribution in [1.29, 1.82) is 0 Å². The molecular formula is C16H26ClN3. The standard InChI is InChI=1S/C16H26ClN3/c1-7-8-20(16(4,5)6)15-9-13(10-18-12(2)3)14(17)11-19-15/h7,9,11-12,18H,1,8,10H2,2-6H3. The van der Waals surface area contributed by atoms with Crippen LogP contribution < -0.4 is 10.2 Å². The van der Waals surface area contributed by atoms with Gasteiger partial charge in [-0.2, -0.15) is 0 Å². The maximum atomic E-state index is 6.23. The fourth-order valence-corrected chi connectivity index (χ4v) is 2.08. The topological polar surface area (TPSA) is 28.2 Å². The number of anilines is 1. The minimum atomic E-state index is -0.0161. The van der Waals surface area contributed by atoms with Gasteiger partial charge in [0.1, 0.15) is 5.82 Å². The van der Waals surface area contributed by atoms with E-state index in [1.54, 1.807) is 6.20 Å². The second-order valence-electron chi connectivity index (χ2n) is 6.24. The van der Waals surface area contributed by atoms with E-state index in [0.29, 0.717) is 11.1 Å². The van der Waals surface area contributed by atoms with Crippen molar-refractivity contribution in [3.63, 3.8) is 0 Å². The SMILES string of the molecule is C=CCN(c1cc(CNC(C)C)c(Cl)cn1)C(C)(C)C. The van der Waals surface area contributed by atoms with Gasteiger partial charge in [0.2, 0.25) is 0 Å². The Labute approximate surface area is 128 Å². The van der Waals surface area contributed by atoms with Crippen molar-refractivity contribution in [3.05, 3.63) is 35.5 Å². The Morgan fingerprint density at radius 2 is 2.10 bits per heavy atom. The van der Waals surface area contributed by atoms with Gasteiger partial charge in [0, 0.05) is 30.9 Å². The van der Waals surface area contributed by atoms with Crippen LogP contribution in [0.3, 0.4) is 0 Å². The lowest BCUT2D eigenvalue weighted by Gasteiger charge is -2.36. The molecule has 112 valence electrons. The molecule has 0 aliphatic carbocycles. The maximum absolute atomic E-state index is 6.23. The van der Waals surface area contributed by atoms with E-state index >= 15 is 0 Å². The van der Waals surface area contributed by atoms with Crippen LogP contribution in [0.4, 0.5) is 5.82 Å². The van der Waals surface area contributed by atoms with Gasteiger partial charge in [-0.1, -0.05) is 31.5 Å². The number of pyridine rings is 1. The average molecular weight is 296 g/mol. The molecule has 1 rings (SSSR count). The predicted octanol–water partition coefficient (Wildman–Crippen LogP) is 4.02. The molecule has 0 amide bonds. The third kappa shape index (κ3) is 4.80. The zero-order valence-corrected chi connectivity index (χ0v) is 14.0. The van der Waals surface area contributed by atoms with E-state index < -0.39 is 0 Å². The summed E-state index contributed by atoms with van der Waals surface area (Å²) in [6, 6.07) is 2.49. The second-order valence-corrected chi connectivity index (χ2v) is 6.65. The van der Waals surface area contributed by atoms with Crippen molar-refractivity contribution in [3.8, 4) is 0 Å². The van der Waals surface area contributed by atoms with Crippen LogP contribution in [0.2, 0.25) is 5.02 Å². The van der Waals surface area contributed by atoms with Crippen LogP contribution in [0.5, 0.6) is 0 Å². The van der Waals surface area contributed by atoms with Crippen LogP contribution in [0.25, 0.3) is 0 Å². The highest BCUT2D eigenvalue weighted by atomic mass is 35.5. The summed E-state index contributed by atoms with van der Waals surface area (Å²) in [5.41, 5.74) is 1.06. The van der Waals surface area contributed by atoms with Crippen LogP contribution in [-0.2, 0) is 6.54 Å². The number of nitrogens with one attached hydrogen (secondary N) is 1. The maximum Gasteiger partial charge on any atom is 0.129 e. The highest BCUT2D eigenvalue weighted by Crippen LogP contribution is 2.25. The molecule has 0 fully saturated rings. The van der Waals surface area contributed by atoms with Crippen molar-refractivity contribution < 1.29 is 0 Å². The van der Waals surface area contributed by atoms with E-state index in [9.17, 15) is 0 Å². The molecule has 0 bridgehead atoms. The predicted molar refractivity (Wildman–Crippen MR) is 88.5 cm³/mol. The molecule has 1 aromatic rings. The second kappa shape index (κ2) is 7.09. The third-order valence-corrected chi connectivity index (χ3v) is 3.36. The first-order valence-electron chi connectivity index (χ1n) is 7.02. The van der Waals surface area contributed by atoms with E-state index in [-0.39, 0.29) is 5.54 Å². The summed E-state index contributed by atoms with van der Waals surface area (Å²) in [5, 5.41) is 4.09. The summed E-state index contributed by atoms with van der Waals surface area (Å²) < 4.78 is 0. The Balaban J connectivity index is 3.05. The minimum Gasteiger partial charge on any atom is -0.348 e. The Bertz CT molecular complexity index is 450. The van der Waals surface area contributed by atoms with E-state index in [0.717, 1.165) is 24.5 Å². The van der Waals surface area contributed by atoms with E-state index in [2.05, 4.69) is 62.5 Å². The van der Waals surface area contributed by atoms with E-state index in [1.165, 1.54) is 0 Å². The summed E-state index contributed by atoms with van der Waals surface area (Å²) in [6.45, 7) is 16.1. The van der Waals surface area contributed by atoms with Crippen LogP contribution in [0.15, 0.2) is 24.9 Å². The van der Waals surface area contributed by atoms with Crippen molar-refractivity contribution in [2.75, 3.05) is 11.4 Å². The summed E-state index contributed by atoms with van der Waals surface area (Å²) in [6.07, 6.45) is 3.63. The number of nitrogens with zero attached hydrogens (tertiary/aromatic N) is 2. The first kappa shape index (κ1) is 17.0. The van der Waals surface area contributed by atoms with Gasteiger partial charge in [0.05, 0.1) is 5.02 Å². The Kier molecular flexibility index (Phi) is 6.03. The lowest BCUT2D eigenvalue weighted by molar-refractivity contribution is 0.517. The summed E-state index contributed by atoms with van der Waals surface area (Å²) in [5.74, 6) is 0.933. The molecule has 1 N–H and O–H groups in total. The molecule has 20 heavy (non-hydrogen) atoms. The summed E-state index contributed by atoms with van der Waals surface area (Å²) >= 11 is 6.23. The number of halogens is 1. The minimum absolute atomic E-state index is 0.0161. The Morgan fingerprint density at radius 3 is 2.60 bits per heavy atom. The van der Waals surface area contributed by atoms with Gasteiger partial charge in [0.15, 0.2) is 0 Å². The molecule has 0 saturated heterocycles. The van der Waals surface area contributed by atoms with Gasteiger partial charge in [-0.05, 0) is 32.4 Å². The summed E-state index contributed by atoms with van der Waals surface area (Å²) in [7, 11) is 0. The zero-order chi connectivity index (χ0) is 15.3. The number of hydrogen-bond donors (Lipinski definition) is 1. The zero-order valence-electron chi connectivity index (χ0n) is 13.2. The lowest BCUT2D eigenvalue weighted by atomic mass is 10.1. The Morgan fingerprint density at radius 1 is 1.45 bits per heavy atom. The van der Waals surface area contributed by atoms with Crippen molar-refractivity contribution in [2.24, 2.45) is 0 Å². The molecule has 0 atom stereocenters. The molecule has 3 nitrogen and oxygen atoms in total. The molecule has 0 unspecified atom stereocenters. The monoisotopic (exact) mass is 295 g/mol. The van der Waals surface area contributed by atoms with Gasteiger partial charge < -0.3 is 10.2 Å². The highest BCUT2D eigenvalue weighted by molar-refractivity contribution is 6.31. The molecule has 0 aliphatic rings. The van der Waals surface area contributed by atoms with Crippen molar-refractivity contribution >= 4 is 17.4 Å². The van der Waals surface area contributed by atoms with Gasteiger partial charge in [0.25, 0.3) is 0 Å². The number of hydrogen-bond acceptors (Lipinski definition) is 3. The van der Waals surface area contributed by atoms with Crippen LogP contribution >= 0.6 is 11.6 Å². The van der Waals surface area contributed by atoms with Gasteiger partial charge in [-0.25, -0.2) is 4.98 Å². The van der Waals surface area contributed by atoms with E-state index in [1.807, 2.05) is 6.08 Å². The van der Waals surface area contributed by atoms with E-state index in [4.69, 9.17) is 11.6 Å². The molecule has 1 heterocycles. The van der Waals surface area contributed by atoms with Gasteiger partial charge >= 0.3 is 0 Å². The fraction of sp³-hybridized carbons (Fsp3) is 0.562. The summed E-state index contributed by atoms with van der Waals surface area (Å²) in [4.78, 5) is 6.69. The third-order valence-electron chi connectivity index (χ3n) is 3.02. The highest BCUT2D eigenvalue weighted by Gasteiger charge is 2.22. The van der Waals surface area contributed by atoms with Crippen molar-refractivity contribution in [1.82, 2.24) is 10.3 Å². The van der Waals surface area contributed by atoms with Crippen LogP contribution in [-0.4, -0.2) is 23.1 Å². The molecule has 1 aromatic heterocycles. The molecule has 0 aromatic carbocycles. The van der Waals surface area contributed by atoms with Gasteiger partial charge in [-0.3, -0.25) is 0 Å². The molecule has 0 aliphatic heterocycles. The first-order chi connectivity index (χ1) is 9.25. The first-order valence-corrected chi connectivity index (χ1v) is 7.40. The fourth-order valence-electron chi connectivity index (χ4n) is 1.91. The average Bonchev–Trinajstić information content (AvgIpc) is 2.34. The largest absolute Gasteiger partial charge is 0.348 e. The number of rotatable bonds is 6. The normalized spacial score (nSPS) is 11.8. The molecule has 0 saturated carbocycles. The Hall–Kier alpha value is -1.06. The van der Waals surface area contributed by atoms with Crippen LogP contribution in [0.1, 0.15) is 40.2 Å². The molecule has 4 heteroatoms. The molecule has 0 spiro atoms. The van der Waals surface area contributed by atoms with Crippen LogP contribution in [0, 0.1) is 0 Å². The quantitative estimate of drug-likeness (QED) is 0.803. The number of aromatic nitrogens is 1. The lowest BCUT2D eigenvalue weighted by Crippen LogP contribution is -2.42.